The average molecular weight is 274 g/mol. The first-order valence-electron chi connectivity index (χ1n) is 7.64. The third kappa shape index (κ3) is 3.04. The van der Waals surface area contributed by atoms with E-state index in [1.165, 1.54) is 12.8 Å². The summed E-state index contributed by atoms with van der Waals surface area (Å²) in [6.07, 6.45) is 4.70. The molecule has 0 unspecified atom stereocenters. The fourth-order valence-electron chi connectivity index (χ4n) is 3.14. The van der Waals surface area contributed by atoms with Gasteiger partial charge in [-0.1, -0.05) is 43.2 Å². The Kier molecular flexibility index (Phi) is 4.81. The second kappa shape index (κ2) is 6.40. The molecule has 0 aromatic heterocycles. The van der Waals surface area contributed by atoms with E-state index in [4.69, 9.17) is 5.73 Å². The Hall–Kier alpha value is -1.35. The molecule has 0 aliphatic heterocycles. The number of nitrogens with zero attached hydrogens (tertiary/aromatic N) is 1. The summed E-state index contributed by atoms with van der Waals surface area (Å²) in [4.78, 5) is 15.0. The normalized spacial score (nSPS) is 16.4. The second-order valence-corrected chi connectivity index (χ2v) is 6.22. The SMILES string of the molecule is CC(C)(C(=O)N(CCN)C1CCCC1)c1ccccc1. The molecule has 1 amide bonds. The lowest BCUT2D eigenvalue weighted by Crippen LogP contribution is -2.49. The highest BCUT2D eigenvalue weighted by atomic mass is 16.2. The van der Waals surface area contributed by atoms with Crippen molar-refractivity contribution < 1.29 is 4.79 Å². The van der Waals surface area contributed by atoms with E-state index in [1.807, 2.05) is 49.1 Å². The maximum atomic E-state index is 13.0. The molecule has 1 aromatic carbocycles. The minimum Gasteiger partial charge on any atom is -0.338 e. The third-order valence-electron chi connectivity index (χ3n) is 4.43. The van der Waals surface area contributed by atoms with Crippen molar-refractivity contribution in [2.24, 2.45) is 5.73 Å². The van der Waals surface area contributed by atoms with Crippen LogP contribution in [0.4, 0.5) is 0 Å². The van der Waals surface area contributed by atoms with Gasteiger partial charge in [0.05, 0.1) is 5.41 Å². The molecule has 0 heterocycles. The highest BCUT2D eigenvalue weighted by Gasteiger charge is 2.37. The molecule has 0 bridgehead atoms. The van der Waals surface area contributed by atoms with Crippen LogP contribution in [0.5, 0.6) is 0 Å². The standard InChI is InChI=1S/C17H26N2O/c1-17(2,14-8-4-3-5-9-14)16(20)19(13-12-18)15-10-6-7-11-15/h3-5,8-9,15H,6-7,10-13,18H2,1-2H3. The van der Waals surface area contributed by atoms with Gasteiger partial charge in [-0.25, -0.2) is 0 Å². The van der Waals surface area contributed by atoms with Crippen LogP contribution in [-0.4, -0.2) is 29.9 Å². The van der Waals surface area contributed by atoms with Crippen molar-refractivity contribution in [3.63, 3.8) is 0 Å². The first-order chi connectivity index (χ1) is 9.57. The number of carbonyl (C=O) groups is 1. The maximum absolute atomic E-state index is 13.0. The van der Waals surface area contributed by atoms with E-state index in [1.54, 1.807) is 0 Å². The summed E-state index contributed by atoms with van der Waals surface area (Å²) in [6.45, 7) is 5.24. The van der Waals surface area contributed by atoms with Crippen LogP contribution in [-0.2, 0) is 10.2 Å². The molecule has 0 saturated heterocycles. The molecule has 1 fully saturated rings. The Morgan fingerprint density at radius 2 is 1.85 bits per heavy atom. The number of amides is 1. The molecule has 3 heteroatoms. The van der Waals surface area contributed by atoms with E-state index in [2.05, 4.69) is 0 Å². The molecular formula is C17H26N2O. The molecule has 1 aliphatic carbocycles. The van der Waals surface area contributed by atoms with Gasteiger partial charge in [0.2, 0.25) is 5.91 Å². The van der Waals surface area contributed by atoms with Crippen LogP contribution in [0.2, 0.25) is 0 Å². The summed E-state index contributed by atoms with van der Waals surface area (Å²) < 4.78 is 0. The minimum absolute atomic E-state index is 0.209. The van der Waals surface area contributed by atoms with Crippen LogP contribution in [0.15, 0.2) is 30.3 Å². The van der Waals surface area contributed by atoms with Crippen molar-refractivity contribution in [1.82, 2.24) is 4.90 Å². The third-order valence-corrected chi connectivity index (χ3v) is 4.43. The van der Waals surface area contributed by atoms with E-state index in [9.17, 15) is 4.79 Å². The summed E-state index contributed by atoms with van der Waals surface area (Å²) in [7, 11) is 0. The quantitative estimate of drug-likeness (QED) is 0.897. The molecular weight excluding hydrogens is 248 g/mol. The number of hydrogen-bond acceptors (Lipinski definition) is 2. The highest BCUT2D eigenvalue weighted by molar-refractivity contribution is 5.87. The van der Waals surface area contributed by atoms with Gasteiger partial charge in [0.15, 0.2) is 0 Å². The molecule has 2 rings (SSSR count). The molecule has 1 saturated carbocycles. The van der Waals surface area contributed by atoms with Gasteiger partial charge in [-0.3, -0.25) is 4.79 Å². The topological polar surface area (TPSA) is 46.3 Å². The van der Waals surface area contributed by atoms with Crippen LogP contribution in [0.3, 0.4) is 0 Å². The molecule has 1 aliphatic rings. The first-order valence-corrected chi connectivity index (χ1v) is 7.64. The van der Waals surface area contributed by atoms with Gasteiger partial charge in [-0.2, -0.15) is 0 Å². The number of hydrogen-bond donors (Lipinski definition) is 1. The smallest absolute Gasteiger partial charge is 0.232 e. The van der Waals surface area contributed by atoms with Crippen molar-refractivity contribution in [3.05, 3.63) is 35.9 Å². The van der Waals surface area contributed by atoms with Gasteiger partial charge < -0.3 is 10.6 Å². The summed E-state index contributed by atoms with van der Waals surface area (Å²) in [6, 6.07) is 10.4. The fourth-order valence-corrected chi connectivity index (χ4v) is 3.14. The lowest BCUT2D eigenvalue weighted by atomic mass is 9.82. The van der Waals surface area contributed by atoms with Gasteiger partial charge in [0.1, 0.15) is 0 Å². The van der Waals surface area contributed by atoms with Crippen LogP contribution in [0, 0.1) is 0 Å². The number of nitrogens with two attached hydrogens (primary N) is 1. The van der Waals surface area contributed by atoms with Gasteiger partial charge in [0, 0.05) is 19.1 Å². The molecule has 0 atom stereocenters. The molecule has 0 spiro atoms. The van der Waals surface area contributed by atoms with Crippen molar-refractivity contribution in [2.75, 3.05) is 13.1 Å². The molecule has 110 valence electrons. The van der Waals surface area contributed by atoms with E-state index >= 15 is 0 Å². The Balaban J connectivity index is 2.21. The lowest BCUT2D eigenvalue weighted by molar-refractivity contribution is -0.138. The number of rotatable bonds is 5. The van der Waals surface area contributed by atoms with Crippen molar-refractivity contribution in [3.8, 4) is 0 Å². The van der Waals surface area contributed by atoms with Crippen LogP contribution >= 0.6 is 0 Å². The number of carbonyl (C=O) groups excluding carboxylic acids is 1. The monoisotopic (exact) mass is 274 g/mol. The maximum Gasteiger partial charge on any atom is 0.232 e. The van der Waals surface area contributed by atoms with E-state index in [0.29, 0.717) is 19.1 Å². The molecule has 20 heavy (non-hydrogen) atoms. The summed E-state index contributed by atoms with van der Waals surface area (Å²) in [5.41, 5.74) is 6.31. The van der Waals surface area contributed by atoms with Gasteiger partial charge in [-0.05, 0) is 32.3 Å². The summed E-state index contributed by atoms with van der Waals surface area (Å²) >= 11 is 0. The van der Waals surface area contributed by atoms with Crippen molar-refractivity contribution in [1.29, 1.82) is 0 Å². The molecule has 2 N–H and O–H groups in total. The lowest BCUT2D eigenvalue weighted by Gasteiger charge is -2.36. The van der Waals surface area contributed by atoms with Crippen molar-refractivity contribution >= 4 is 5.91 Å². The Labute approximate surface area is 122 Å². The first kappa shape index (κ1) is 15.0. The number of benzene rings is 1. The minimum atomic E-state index is -0.487. The van der Waals surface area contributed by atoms with Crippen LogP contribution < -0.4 is 5.73 Å². The van der Waals surface area contributed by atoms with Gasteiger partial charge >= 0.3 is 0 Å². The highest BCUT2D eigenvalue weighted by Crippen LogP contribution is 2.30. The van der Waals surface area contributed by atoms with Gasteiger partial charge in [-0.15, -0.1) is 0 Å². The largest absolute Gasteiger partial charge is 0.338 e. The second-order valence-electron chi connectivity index (χ2n) is 6.22. The van der Waals surface area contributed by atoms with Gasteiger partial charge in [0.25, 0.3) is 0 Å². The Morgan fingerprint density at radius 1 is 1.25 bits per heavy atom. The van der Waals surface area contributed by atoms with E-state index in [-0.39, 0.29) is 5.91 Å². The molecule has 1 aromatic rings. The average Bonchev–Trinajstić information content (AvgIpc) is 2.99. The van der Waals surface area contributed by atoms with Crippen molar-refractivity contribution in [2.45, 2.75) is 51.0 Å². The zero-order valence-electron chi connectivity index (χ0n) is 12.6. The van der Waals surface area contributed by atoms with E-state index in [0.717, 1.165) is 18.4 Å². The Morgan fingerprint density at radius 3 is 2.40 bits per heavy atom. The Bertz CT molecular complexity index is 436. The van der Waals surface area contributed by atoms with E-state index < -0.39 is 5.41 Å². The van der Waals surface area contributed by atoms with Crippen LogP contribution in [0.25, 0.3) is 0 Å². The molecule has 0 radical (unpaired) electrons. The predicted molar refractivity (Wildman–Crippen MR) is 82.5 cm³/mol. The molecule has 3 nitrogen and oxygen atoms in total. The fraction of sp³-hybridized carbons (Fsp3) is 0.588. The summed E-state index contributed by atoms with van der Waals surface area (Å²) in [5, 5.41) is 0. The zero-order chi connectivity index (χ0) is 14.6. The zero-order valence-corrected chi connectivity index (χ0v) is 12.6. The van der Waals surface area contributed by atoms with Crippen LogP contribution in [0.1, 0.15) is 45.1 Å². The predicted octanol–water partition coefficient (Wildman–Crippen LogP) is 2.69. The summed E-state index contributed by atoms with van der Waals surface area (Å²) in [5.74, 6) is 0.209.